The summed E-state index contributed by atoms with van der Waals surface area (Å²) in [5.74, 6) is 1.78. The quantitative estimate of drug-likeness (QED) is 0.612. The molecule has 4 unspecified atom stereocenters. The Kier molecular flexibility index (Phi) is 5.33. The zero-order valence-corrected chi connectivity index (χ0v) is 19.9. The van der Waals surface area contributed by atoms with E-state index in [-0.39, 0.29) is 23.5 Å². The molecule has 29 heavy (non-hydrogen) atoms. The van der Waals surface area contributed by atoms with Crippen LogP contribution in [0.15, 0.2) is 5.38 Å². The van der Waals surface area contributed by atoms with Gasteiger partial charge in [-0.05, 0) is 69.6 Å². The van der Waals surface area contributed by atoms with Crippen LogP contribution in [-0.4, -0.2) is 45.4 Å². The molecular weight excluding hydrogens is 450 g/mol. The molecule has 1 saturated heterocycles. The summed E-state index contributed by atoms with van der Waals surface area (Å²) in [6.07, 6.45) is 8.80. The van der Waals surface area contributed by atoms with Gasteiger partial charge in [0.05, 0.1) is 17.9 Å². The van der Waals surface area contributed by atoms with E-state index in [2.05, 4.69) is 45.4 Å². The van der Waals surface area contributed by atoms with Gasteiger partial charge in [-0.3, -0.25) is 9.69 Å². The van der Waals surface area contributed by atoms with Gasteiger partial charge in [0.15, 0.2) is 5.13 Å². The summed E-state index contributed by atoms with van der Waals surface area (Å²) in [5.41, 5.74) is 1.25. The molecule has 0 aromatic carbocycles. The van der Waals surface area contributed by atoms with Crippen LogP contribution >= 0.6 is 27.3 Å². The number of morpholine rings is 1. The van der Waals surface area contributed by atoms with Gasteiger partial charge in [0.2, 0.25) is 5.91 Å². The minimum absolute atomic E-state index is 0.151. The molecule has 1 aromatic heterocycles. The first kappa shape index (κ1) is 20.4. The molecular formula is C22H32BrN3O2S. The Morgan fingerprint density at radius 2 is 1.97 bits per heavy atom. The number of hydrogen-bond donors (Lipinski definition) is 1. The highest BCUT2D eigenvalue weighted by atomic mass is 79.9. The zero-order chi connectivity index (χ0) is 20.2. The molecule has 5 fully saturated rings. The number of carbonyl (C=O) groups is 1. The molecule has 1 aliphatic heterocycles. The number of rotatable bonds is 5. The highest BCUT2D eigenvalue weighted by Gasteiger charge is 2.57. The average molecular weight is 482 g/mol. The van der Waals surface area contributed by atoms with Crippen molar-refractivity contribution >= 4 is 38.3 Å². The summed E-state index contributed by atoms with van der Waals surface area (Å²) >= 11 is 5.60. The smallest absolute Gasteiger partial charge is 0.226 e. The molecule has 5 aliphatic rings. The van der Waals surface area contributed by atoms with Gasteiger partial charge in [-0.2, -0.15) is 0 Å². The summed E-state index contributed by atoms with van der Waals surface area (Å²) in [5, 5.41) is 5.94. The van der Waals surface area contributed by atoms with E-state index in [9.17, 15) is 4.79 Å². The van der Waals surface area contributed by atoms with Crippen LogP contribution in [-0.2, 0) is 16.1 Å². The molecule has 1 aromatic rings. The normalized spacial score (nSPS) is 41.6. The van der Waals surface area contributed by atoms with Gasteiger partial charge in [-0.1, -0.05) is 15.9 Å². The van der Waals surface area contributed by atoms with Gasteiger partial charge in [0.1, 0.15) is 0 Å². The van der Waals surface area contributed by atoms with Gasteiger partial charge in [-0.15, -0.1) is 11.3 Å². The number of aromatic nitrogens is 1. The predicted molar refractivity (Wildman–Crippen MR) is 119 cm³/mol. The number of thiazole rings is 1. The second-order valence-corrected chi connectivity index (χ2v) is 13.0. The highest BCUT2D eigenvalue weighted by Crippen LogP contribution is 2.65. The van der Waals surface area contributed by atoms with Gasteiger partial charge < -0.3 is 10.1 Å². The molecule has 1 N–H and O–H groups in total. The fourth-order valence-corrected chi connectivity index (χ4v) is 9.35. The number of nitrogens with zero attached hydrogens (tertiary/aromatic N) is 2. The standard InChI is InChI=1S/C22H32BrN3O2S/c1-14-9-26(10-15(2)28-14)11-18-12-29-20(24-18)25-19(27)8-21-4-16-3-17(5-21)7-22(23,6-16)13-21/h12,14-17H,3-11,13H2,1-2H3,(H,24,25,27). The first-order chi connectivity index (χ1) is 13.8. The Balaban J connectivity index is 1.18. The van der Waals surface area contributed by atoms with Crippen molar-refractivity contribution in [3.8, 4) is 0 Å². The lowest BCUT2D eigenvalue weighted by atomic mass is 9.48. The summed E-state index contributed by atoms with van der Waals surface area (Å²) in [6.45, 7) is 6.93. The topological polar surface area (TPSA) is 54.5 Å². The van der Waals surface area contributed by atoms with Crippen molar-refractivity contribution in [3.63, 3.8) is 0 Å². The molecule has 7 heteroatoms. The number of carbonyl (C=O) groups excluding carboxylic acids is 1. The minimum Gasteiger partial charge on any atom is -0.373 e. The van der Waals surface area contributed by atoms with Crippen LogP contribution in [0.3, 0.4) is 0 Å². The maximum Gasteiger partial charge on any atom is 0.226 e. The second kappa shape index (κ2) is 7.57. The average Bonchev–Trinajstić information content (AvgIpc) is 2.97. The summed E-state index contributed by atoms with van der Waals surface area (Å²) < 4.78 is 6.12. The minimum atomic E-state index is 0.151. The number of nitrogens with one attached hydrogen (secondary N) is 1. The van der Waals surface area contributed by atoms with Crippen molar-refractivity contribution in [2.45, 2.75) is 81.9 Å². The summed E-state index contributed by atoms with van der Waals surface area (Å²) in [7, 11) is 0. The number of hydrogen-bond acceptors (Lipinski definition) is 5. The molecule has 4 saturated carbocycles. The van der Waals surface area contributed by atoms with Crippen molar-refractivity contribution in [2.24, 2.45) is 17.3 Å². The van der Waals surface area contributed by atoms with Gasteiger partial charge >= 0.3 is 0 Å². The Morgan fingerprint density at radius 3 is 2.62 bits per heavy atom. The molecule has 160 valence electrons. The molecule has 4 aliphatic carbocycles. The van der Waals surface area contributed by atoms with Gasteiger partial charge in [0, 0.05) is 35.8 Å². The van der Waals surface area contributed by atoms with Crippen LogP contribution in [0, 0.1) is 17.3 Å². The van der Waals surface area contributed by atoms with E-state index < -0.39 is 0 Å². The van der Waals surface area contributed by atoms with E-state index in [0.29, 0.717) is 10.7 Å². The van der Waals surface area contributed by atoms with E-state index in [1.807, 2.05) is 0 Å². The van der Waals surface area contributed by atoms with Crippen LogP contribution < -0.4 is 5.32 Å². The molecule has 4 atom stereocenters. The molecule has 2 heterocycles. The van der Waals surface area contributed by atoms with Crippen LogP contribution in [0.2, 0.25) is 0 Å². The fraction of sp³-hybridized carbons (Fsp3) is 0.818. The third-order valence-corrected chi connectivity index (χ3v) is 9.06. The summed E-state index contributed by atoms with van der Waals surface area (Å²) in [4.78, 5) is 20.0. The number of alkyl halides is 1. The van der Waals surface area contributed by atoms with Crippen LogP contribution in [0.4, 0.5) is 5.13 Å². The van der Waals surface area contributed by atoms with Crippen molar-refractivity contribution in [1.29, 1.82) is 0 Å². The fourth-order valence-electron chi connectivity index (χ4n) is 7.13. The Morgan fingerprint density at radius 1 is 1.28 bits per heavy atom. The molecule has 0 spiro atoms. The highest BCUT2D eigenvalue weighted by molar-refractivity contribution is 9.10. The maximum atomic E-state index is 12.9. The molecule has 1 amide bonds. The van der Waals surface area contributed by atoms with Crippen molar-refractivity contribution < 1.29 is 9.53 Å². The summed E-state index contributed by atoms with van der Waals surface area (Å²) in [6, 6.07) is 0. The third-order valence-electron chi connectivity index (χ3n) is 7.33. The van der Waals surface area contributed by atoms with E-state index in [0.717, 1.165) is 48.7 Å². The molecule has 4 bridgehead atoms. The lowest BCUT2D eigenvalue weighted by Gasteiger charge is -2.60. The van der Waals surface area contributed by atoms with Crippen LogP contribution in [0.1, 0.15) is 64.5 Å². The lowest BCUT2D eigenvalue weighted by Crippen LogP contribution is -2.53. The Bertz CT molecular complexity index is 760. The van der Waals surface area contributed by atoms with E-state index in [4.69, 9.17) is 9.72 Å². The Hall–Kier alpha value is -0.500. The van der Waals surface area contributed by atoms with E-state index >= 15 is 0 Å². The van der Waals surface area contributed by atoms with Crippen molar-refractivity contribution in [1.82, 2.24) is 9.88 Å². The lowest BCUT2D eigenvalue weighted by molar-refractivity contribution is -0.123. The maximum absolute atomic E-state index is 12.9. The molecule has 5 nitrogen and oxygen atoms in total. The van der Waals surface area contributed by atoms with Crippen LogP contribution in [0.5, 0.6) is 0 Å². The van der Waals surface area contributed by atoms with E-state index in [1.165, 1.54) is 32.1 Å². The first-order valence-corrected chi connectivity index (χ1v) is 12.8. The van der Waals surface area contributed by atoms with Crippen LogP contribution in [0.25, 0.3) is 0 Å². The Labute approximate surface area is 186 Å². The number of anilines is 1. The number of ether oxygens (including phenoxy) is 1. The largest absolute Gasteiger partial charge is 0.373 e. The predicted octanol–water partition coefficient (Wildman–Crippen LogP) is 4.81. The zero-order valence-electron chi connectivity index (χ0n) is 17.5. The van der Waals surface area contributed by atoms with Gasteiger partial charge in [0.25, 0.3) is 0 Å². The van der Waals surface area contributed by atoms with Gasteiger partial charge in [-0.25, -0.2) is 4.98 Å². The SMILES string of the molecule is CC1CN(Cc2csc(NC(=O)CC34CC5CC(CC(Br)(C5)C3)C4)n2)CC(C)O1. The number of halogens is 1. The first-order valence-electron chi connectivity index (χ1n) is 11.1. The molecule has 0 radical (unpaired) electrons. The van der Waals surface area contributed by atoms with Crippen molar-refractivity contribution in [3.05, 3.63) is 11.1 Å². The van der Waals surface area contributed by atoms with E-state index in [1.54, 1.807) is 11.3 Å². The number of amides is 1. The second-order valence-electron chi connectivity index (χ2n) is 10.4. The van der Waals surface area contributed by atoms with Crippen molar-refractivity contribution in [2.75, 3.05) is 18.4 Å². The third kappa shape index (κ3) is 4.43. The monoisotopic (exact) mass is 481 g/mol. The molecule has 6 rings (SSSR count).